The summed E-state index contributed by atoms with van der Waals surface area (Å²) in [4.78, 5) is 22.4. The fourth-order valence-corrected chi connectivity index (χ4v) is 1.78. The van der Waals surface area contributed by atoms with Crippen LogP contribution in [0.15, 0.2) is 12.3 Å². The Morgan fingerprint density at radius 1 is 1.17 bits per heavy atom. The van der Waals surface area contributed by atoms with Gasteiger partial charge in [0.25, 0.3) is 5.69 Å². The van der Waals surface area contributed by atoms with Crippen molar-refractivity contribution in [3.8, 4) is 11.5 Å². The van der Waals surface area contributed by atoms with Crippen LogP contribution in [0.3, 0.4) is 0 Å². The fraction of sp³-hybridized carbons (Fsp3) is 0.562. The molecule has 0 aliphatic carbocycles. The van der Waals surface area contributed by atoms with E-state index in [2.05, 4.69) is 5.32 Å². The summed E-state index contributed by atoms with van der Waals surface area (Å²) in [6, 6.07) is 1.28. The molecule has 0 aliphatic rings. The fourth-order valence-electron chi connectivity index (χ4n) is 1.78. The van der Waals surface area contributed by atoms with Crippen LogP contribution >= 0.6 is 0 Å². The van der Waals surface area contributed by atoms with Crippen LogP contribution in [0.25, 0.3) is 0 Å². The highest BCUT2D eigenvalue weighted by Gasteiger charge is 2.22. The van der Waals surface area contributed by atoms with Gasteiger partial charge in [-0.1, -0.05) is 26.7 Å². The monoisotopic (exact) mass is 340 g/mol. The zero-order chi connectivity index (χ0) is 17.9. The first-order chi connectivity index (χ1) is 11.5. The van der Waals surface area contributed by atoms with E-state index in [1.165, 1.54) is 6.07 Å². The molecular weight excluding hydrogens is 316 g/mol. The van der Waals surface area contributed by atoms with Crippen LogP contribution in [-0.2, 0) is 4.79 Å². The molecule has 0 bridgehead atoms. The summed E-state index contributed by atoms with van der Waals surface area (Å²) in [5.41, 5.74) is -0.245. The number of nitrogens with zero attached hydrogens (tertiary/aromatic N) is 1. The van der Waals surface area contributed by atoms with Crippen LogP contribution in [0.2, 0.25) is 0 Å². The lowest BCUT2D eigenvalue weighted by Gasteiger charge is -2.13. The molecule has 24 heavy (non-hydrogen) atoms. The molecule has 1 amide bonds. The lowest BCUT2D eigenvalue weighted by molar-refractivity contribution is -0.608. The molecule has 0 saturated heterocycles. The standard InChI is InChI=1S/C16H24N2O6/c1-3-5-7-23-13-9-12(16(21)17-10-15(19)20)18(22)11-14(13)24-8-6-4-2/h9,11H,3-8,10H2,1-2H3,(H,17,21)(H,19,20). The van der Waals surface area contributed by atoms with Gasteiger partial charge < -0.3 is 25.1 Å². The van der Waals surface area contributed by atoms with Crippen molar-refractivity contribution in [2.24, 2.45) is 0 Å². The lowest BCUT2D eigenvalue weighted by atomic mass is 10.3. The molecule has 1 aromatic heterocycles. The number of carboxylic acid groups (broad SMARTS) is 1. The summed E-state index contributed by atoms with van der Waals surface area (Å²) in [6.45, 7) is 4.33. The highest BCUT2D eigenvalue weighted by molar-refractivity contribution is 5.93. The molecule has 8 heteroatoms. The minimum Gasteiger partial charge on any atom is -0.618 e. The van der Waals surface area contributed by atoms with Crippen LogP contribution in [0, 0.1) is 5.21 Å². The van der Waals surface area contributed by atoms with Crippen molar-refractivity contribution in [3.05, 3.63) is 23.2 Å². The van der Waals surface area contributed by atoms with E-state index in [1.54, 1.807) is 0 Å². The Morgan fingerprint density at radius 2 is 1.75 bits per heavy atom. The number of rotatable bonds is 11. The second kappa shape index (κ2) is 10.3. The van der Waals surface area contributed by atoms with E-state index in [1.807, 2.05) is 13.8 Å². The Kier molecular flexibility index (Phi) is 8.38. The Labute approximate surface area is 141 Å². The van der Waals surface area contributed by atoms with Crippen LogP contribution in [-0.4, -0.2) is 36.7 Å². The van der Waals surface area contributed by atoms with Gasteiger partial charge in [-0.2, -0.15) is 4.73 Å². The molecular formula is C16H24N2O6. The molecule has 8 nitrogen and oxygen atoms in total. The number of amides is 1. The number of ether oxygens (including phenoxy) is 2. The first kappa shape index (κ1) is 19.5. The second-order valence-corrected chi connectivity index (χ2v) is 5.19. The predicted octanol–water partition coefficient (Wildman–Crippen LogP) is 1.49. The summed E-state index contributed by atoms with van der Waals surface area (Å²) in [5.74, 6) is -1.41. The van der Waals surface area contributed by atoms with Gasteiger partial charge in [0.1, 0.15) is 6.54 Å². The van der Waals surface area contributed by atoms with Crippen molar-refractivity contribution in [1.82, 2.24) is 5.32 Å². The molecule has 0 radical (unpaired) electrons. The molecule has 2 N–H and O–H groups in total. The van der Waals surface area contributed by atoms with Crippen molar-refractivity contribution < 1.29 is 28.9 Å². The number of pyridine rings is 1. The van der Waals surface area contributed by atoms with Gasteiger partial charge in [-0.3, -0.25) is 9.59 Å². The molecule has 0 aliphatic heterocycles. The second-order valence-electron chi connectivity index (χ2n) is 5.19. The zero-order valence-electron chi connectivity index (χ0n) is 14.0. The maximum Gasteiger partial charge on any atom is 0.322 e. The van der Waals surface area contributed by atoms with E-state index in [0.29, 0.717) is 23.7 Å². The minimum absolute atomic E-state index is 0.245. The number of hydrogen-bond donors (Lipinski definition) is 2. The van der Waals surface area contributed by atoms with Gasteiger partial charge in [-0.05, 0) is 12.8 Å². The van der Waals surface area contributed by atoms with Gasteiger partial charge in [0, 0.05) is 0 Å². The molecule has 0 spiro atoms. The minimum atomic E-state index is -1.19. The molecule has 0 aromatic carbocycles. The molecule has 1 rings (SSSR count). The summed E-state index contributed by atoms with van der Waals surface area (Å²) in [7, 11) is 0. The van der Waals surface area contributed by atoms with Gasteiger partial charge in [0.05, 0.1) is 19.3 Å². The number of carboxylic acids is 1. The van der Waals surface area contributed by atoms with E-state index in [4.69, 9.17) is 14.6 Å². The highest BCUT2D eigenvalue weighted by Crippen LogP contribution is 2.26. The van der Waals surface area contributed by atoms with Gasteiger partial charge in [-0.15, -0.1) is 0 Å². The number of unbranched alkanes of at least 4 members (excludes halogenated alkanes) is 2. The maximum absolute atomic E-state index is 12.0. The van der Waals surface area contributed by atoms with Gasteiger partial charge in [0.15, 0.2) is 5.75 Å². The molecule has 134 valence electrons. The third-order valence-corrected chi connectivity index (χ3v) is 3.13. The maximum atomic E-state index is 12.0. The van der Waals surface area contributed by atoms with Crippen LogP contribution in [0.4, 0.5) is 0 Å². The average molecular weight is 340 g/mol. The normalized spacial score (nSPS) is 10.2. The third kappa shape index (κ3) is 6.31. The lowest BCUT2D eigenvalue weighted by Crippen LogP contribution is -2.41. The molecule has 0 fully saturated rings. The van der Waals surface area contributed by atoms with Crippen LogP contribution in [0.1, 0.15) is 50.0 Å². The van der Waals surface area contributed by atoms with E-state index in [-0.39, 0.29) is 11.4 Å². The smallest absolute Gasteiger partial charge is 0.322 e. The van der Waals surface area contributed by atoms with Crippen molar-refractivity contribution in [2.75, 3.05) is 19.8 Å². The summed E-state index contributed by atoms with van der Waals surface area (Å²) < 4.78 is 11.5. The first-order valence-electron chi connectivity index (χ1n) is 8.02. The van der Waals surface area contributed by atoms with E-state index < -0.39 is 18.4 Å². The van der Waals surface area contributed by atoms with Crippen LogP contribution < -0.4 is 19.5 Å². The molecule has 1 heterocycles. The summed E-state index contributed by atoms with van der Waals surface area (Å²) >= 11 is 0. The van der Waals surface area contributed by atoms with E-state index in [0.717, 1.165) is 31.9 Å². The molecule has 1 aromatic rings. The van der Waals surface area contributed by atoms with E-state index in [9.17, 15) is 14.8 Å². The third-order valence-electron chi connectivity index (χ3n) is 3.13. The highest BCUT2D eigenvalue weighted by atomic mass is 16.5. The number of carbonyl (C=O) groups is 2. The van der Waals surface area contributed by atoms with Crippen molar-refractivity contribution in [2.45, 2.75) is 39.5 Å². The molecule has 0 atom stereocenters. The van der Waals surface area contributed by atoms with Crippen molar-refractivity contribution in [1.29, 1.82) is 0 Å². The van der Waals surface area contributed by atoms with Crippen LogP contribution in [0.5, 0.6) is 11.5 Å². The Hall–Kier alpha value is -2.51. The number of carbonyl (C=O) groups excluding carboxylic acids is 1. The van der Waals surface area contributed by atoms with Crippen molar-refractivity contribution in [3.63, 3.8) is 0 Å². The number of aromatic nitrogens is 1. The van der Waals surface area contributed by atoms with Crippen molar-refractivity contribution >= 4 is 11.9 Å². The summed E-state index contributed by atoms with van der Waals surface area (Å²) in [5, 5.41) is 22.8. The quantitative estimate of drug-likeness (QED) is 0.359. The first-order valence-corrected chi connectivity index (χ1v) is 8.02. The number of aliphatic carboxylic acids is 1. The Morgan fingerprint density at radius 3 is 2.29 bits per heavy atom. The Bertz CT molecular complexity index is 562. The Balaban J connectivity index is 2.97. The zero-order valence-corrected chi connectivity index (χ0v) is 14.0. The number of hydrogen-bond acceptors (Lipinski definition) is 5. The van der Waals surface area contributed by atoms with Gasteiger partial charge in [-0.25, -0.2) is 0 Å². The van der Waals surface area contributed by atoms with Gasteiger partial charge >= 0.3 is 11.9 Å². The predicted molar refractivity (Wildman–Crippen MR) is 86.2 cm³/mol. The van der Waals surface area contributed by atoms with E-state index >= 15 is 0 Å². The topological polar surface area (TPSA) is 112 Å². The SMILES string of the molecule is CCCCOc1cc(C(=O)NCC(=O)O)[n+]([O-])cc1OCCCC. The summed E-state index contributed by atoms with van der Waals surface area (Å²) in [6.07, 6.45) is 4.66. The largest absolute Gasteiger partial charge is 0.618 e. The molecule has 0 unspecified atom stereocenters. The van der Waals surface area contributed by atoms with Gasteiger partial charge in [0.2, 0.25) is 11.9 Å². The number of nitrogens with one attached hydrogen (secondary N) is 1. The molecule has 0 saturated carbocycles. The average Bonchev–Trinajstić information content (AvgIpc) is 2.54.